The fraction of sp³-hybridized carbons (Fsp3) is 0.400. The van der Waals surface area contributed by atoms with E-state index in [0.29, 0.717) is 16.7 Å². The molecule has 1 aromatic heterocycles. The van der Waals surface area contributed by atoms with Crippen molar-refractivity contribution in [2.75, 3.05) is 14.1 Å². The van der Waals surface area contributed by atoms with Crippen molar-refractivity contribution in [1.29, 1.82) is 0 Å². The van der Waals surface area contributed by atoms with Gasteiger partial charge in [0.05, 0.1) is 11.1 Å². The minimum Gasteiger partial charge on any atom is -0.358 e. The maximum Gasteiger partial charge on any atom is 0.366 e. The Kier molecular flexibility index (Phi) is 3.22. The summed E-state index contributed by atoms with van der Waals surface area (Å²) in [6, 6.07) is 0. The van der Waals surface area contributed by atoms with Crippen molar-refractivity contribution in [3.63, 3.8) is 0 Å². The zero-order valence-electron chi connectivity index (χ0n) is 9.64. The smallest absolute Gasteiger partial charge is 0.358 e. The predicted molar refractivity (Wildman–Crippen MR) is 58.4 cm³/mol. The number of carbonyl (C=O) groups excluding carboxylic acids is 1. The monoisotopic (exact) mass is 223 g/mol. The number of hydrogen-bond donors (Lipinski definition) is 0. The molecule has 0 aromatic carbocycles. The predicted octanol–water partition coefficient (Wildman–Crippen LogP) is 1.31. The minimum absolute atomic E-state index is 0.201. The van der Waals surface area contributed by atoms with Crippen LogP contribution < -0.4 is 0 Å². The number of aromatic nitrogens is 1. The highest BCUT2D eigenvalue weighted by molar-refractivity contribution is 5.95. The topological polar surface area (TPSA) is 76.3 Å². The van der Waals surface area contributed by atoms with E-state index in [0.717, 1.165) is 0 Å². The van der Waals surface area contributed by atoms with E-state index in [4.69, 9.17) is 0 Å². The van der Waals surface area contributed by atoms with Gasteiger partial charge >= 0.3 is 5.82 Å². The van der Waals surface area contributed by atoms with E-state index in [-0.39, 0.29) is 11.7 Å². The lowest BCUT2D eigenvalue weighted by atomic mass is 10.1. The van der Waals surface area contributed by atoms with E-state index in [1.165, 1.54) is 11.1 Å². The second kappa shape index (κ2) is 4.26. The van der Waals surface area contributed by atoms with Gasteiger partial charge in [-0.3, -0.25) is 4.79 Å². The Labute approximate surface area is 93.1 Å². The van der Waals surface area contributed by atoms with E-state index < -0.39 is 4.92 Å². The number of nitro groups is 1. The van der Waals surface area contributed by atoms with E-state index in [1.54, 1.807) is 27.9 Å². The summed E-state index contributed by atoms with van der Waals surface area (Å²) in [5.74, 6) is -0.407. The summed E-state index contributed by atoms with van der Waals surface area (Å²) in [5, 5.41) is 10.6. The van der Waals surface area contributed by atoms with Gasteiger partial charge in [-0.15, -0.1) is 0 Å². The quantitative estimate of drug-likeness (QED) is 0.559. The molecular weight excluding hydrogens is 210 g/mol. The van der Waals surface area contributed by atoms with Crippen molar-refractivity contribution < 1.29 is 9.72 Å². The summed E-state index contributed by atoms with van der Waals surface area (Å²) in [7, 11) is 3.25. The largest absolute Gasteiger partial charge is 0.366 e. The first-order valence-electron chi connectivity index (χ1n) is 4.68. The van der Waals surface area contributed by atoms with Gasteiger partial charge in [0.25, 0.3) is 5.91 Å². The van der Waals surface area contributed by atoms with Crippen LogP contribution in [0.2, 0.25) is 0 Å². The molecule has 0 aliphatic heterocycles. The standard InChI is InChI=1S/C10H13N3O3/c1-6-7(2)9(13(15)16)11-5-8(6)10(14)12(3)4/h5H,1-4H3. The molecule has 0 saturated carbocycles. The lowest BCUT2D eigenvalue weighted by Crippen LogP contribution is -2.23. The lowest BCUT2D eigenvalue weighted by molar-refractivity contribution is -0.390. The van der Waals surface area contributed by atoms with E-state index >= 15 is 0 Å². The van der Waals surface area contributed by atoms with Crippen LogP contribution in [0.4, 0.5) is 5.82 Å². The van der Waals surface area contributed by atoms with E-state index in [1.807, 2.05) is 0 Å². The highest BCUT2D eigenvalue weighted by Crippen LogP contribution is 2.21. The van der Waals surface area contributed by atoms with Crippen LogP contribution in [0.3, 0.4) is 0 Å². The molecule has 0 bridgehead atoms. The van der Waals surface area contributed by atoms with Crippen LogP contribution in [0.25, 0.3) is 0 Å². The molecule has 0 unspecified atom stereocenters. The molecule has 1 amide bonds. The van der Waals surface area contributed by atoms with Crippen molar-refractivity contribution in [2.45, 2.75) is 13.8 Å². The molecule has 0 radical (unpaired) electrons. The number of rotatable bonds is 2. The van der Waals surface area contributed by atoms with Crippen molar-refractivity contribution in [2.24, 2.45) is 0 Å². The Morgan fingerprint density at radius 3 is 2.38 bits per heavy atom. The molecule has 1 heterocycles. The zero-order valence-corrected chi connectivity index (χ0v) is 9.64. The Hall–Kier alpha value is -1.98. The summed E-state index contributed by atoms with van der Waals surface area (Å²) in [6.45, 7) is 3.27. The molecule has 0 saturated heterocycles. The Morgan fingerprint density at radius 1 is 1.38 bits per heavy atom. The average Bonchev–Trinajstić information content (AvgIpc) is 2.20. The van der Waals surface area contributed by atoms with Crippen LogP contribution in [0.15, 0.2) is 6.20 Å². The van der Waals surface area contributed by atoms with Crippen LogP contribution in [-0.2, 0) is 0 Å². The molecule has 0 N–H and O–H groups in total. The van der Waals surface area contributed by atoms with Gasteiger partial charge in [-0.2, -0.15) is 0 Å². The fourth-order valence-corrected chi connectivity index (χ4v) is 1.33. The molecule has 1 rings (SSSR count). The van der Waals surface area contributed by atoms with Gasteiger partial charge in [0.2, 0.25) is 0 Å². The third-order valence-corrected chi connectivity index (χ3v) is 2.43. The van der Waals surface area contributed by atoms with Crippen LogP contribution in [0, 0.1) is 24.0 Å². The van der Waals surface area contributed by atoms with Gasteiger partial charge in [-0.25, -0.2) is 0 Å². The van der Waals surface area contributed by atoms with Crippen molar-refractivity contribution in [1.82, 2.24) is 9.88 Å². The summed E-state index contributed by atoms with van der Waals surface area (Å²) in [4.78, 5) is 26.9. The third kappa shape index (κ3) is 2.00. The molecular formula is C10H13N3O3. The first kappa shape index (κ1) is 12.1. The highest BCUT2D eigenvalue weighted by Gasteiger charge is 2.21. The van der Waals surface area contributed by atoms with Gasteiger partial charge in [0.1, 0.15) is 0 Å². The van der Waals surface area contributed by atoms with Gasteiger partial charge < -0.3 is 15.0 Å². The van der Waals surface area contributed by atoms with Crippen LogP contribution in [0.1, 0.15) is 21.5 Å². The summed E-state index contributed by atoms with van der Waals surface area (Å²) in [6.07, 6.45) is 1.25. The van der Waals surface area contributed by atoms with E-state index in [9.17, 15) is 14.9 Å². The molecule has 6 heteroatoms. The zero-order chi connectivity index (χ0) is 12.5. The maximum atomic E-state index is 11.7. The highest BCUT2D eigenvalue weighted by atomic mass is 16.6. The molecule has 16 heavy (non-hydrogen) atoms. The number of carbonyl (C=O) groups is 1. The van der Waals surface area contributed by atoms with Gasteiger partial charge in [-0.1, -0.05) is 0 Å². The summed E-state index contributed by atoms with van der Waals surface area (Å²) in [5.41, 5.74) is 1.42. The third-order valence-electron chi connectivity index (χ3n) is 2.43. The second-order valence-corrected chi connectivity index (χ2v) is 3.70. The van der Waals surface area contributed by atoms with Crippen LogP contribution in [0.5, 0.6) is 0 Å². The Bertz CT molecular complexity index is 455. The van der Waals surface area contributed by atoms with Gasteiger partial charge in [0.15, 0.2) is 6.20 Å². The van der Waals surface area contributed by atoms with Gasteiger partial charge in [0, 0.05) is 14.1 Å². The van der Waals surface area contributed by atoms with Crippen LogP contribution >= 0.6 is 0 Å². The Balaban J connectivity index is 3.33. The molecule has 86 valence electrons. The second-order valence-electron chi connectivity index (χ2n) is 3.70. The molecule has 0 fully saturated rings. The van der Waals surface area contributed by atoms with Crippen molar-refractivity contribution in [3.05, 3.63) is 33.0 Å². The number of pyridine rings is 1. The molecule has 0 aliphatic rings. The minimum atomic E-state index is -0.549. The number of hydrogen-bond acceptors (Lipinski definition) is 4. The molecule has 0 atom stereocenters. The van der Waals surface area contributed by atoms with E-state index in [2.05, 4.69) is 4.98 Å². The molecule has 1 aromatic rings. The van der Waals surface area contributed by atoms with Crippen molar-refractivity contribution >= 4 is 11.7 Å². The molecule has 0 spiro atoms. The first-order chi connectivity index (χ1) is 7.36. The normalized spacial score (nSPS) is 10.0. The molecule has 6 nitrogen and oxygen atoms in total. The first-order valence-corrected chi connectivity index (χ1v) is 4.68. The summed E-state index contributed by atoms with van der Waals surface area (Å²) >= 11 is 0. The summed E-state index contributed by atoms with van der Waals surface area (Å²) < 4.78 is 0. The number of nitrogens with zero attached hydrogens (tertiary/aromatic N) is 3. The average molecular weight is 223 g/mol. The SMILES string of the molecule is Cc1c(C(=O)N(C)C)cnc([N+](=O)[O-])c1C. The van der Waals surface area contributed by atoms with Crippen LogP contribution in [-0.4, -0.2) is 34.8 Å². The van der Waals surface area contributed by atoms with Crippen molar-refractivity contribution in [3.8, 4) is 0 Å². The number of amides is 1. The Morgan fingerprint density at radius 2 is 1.94 bits per heavy atom. The maximum absolute atomic E-state index is 11.7. The fourth-order valence-electron chi connectivity index (χ4n) is 1.33. The molecule has 0 aliphatic carbocycles. The van der Waals surface area contributed by atoms with Gasteiger partial charge in [-0.05, 0) is 29.3 Å². The lowest BCUT2D eigenvalue weighted by Gasteiger charge is -2.12.